The molecule has 1 fully saturated rings. The summed E-state index contributed by atoms with van der Waals surface area (Å²) >= 11 is 0. The molecular formula is C28H35N3O8Si. The molecule has 0 radical (unpaired) electrons. The van der Waals surface area contributed by atoms with Crippen LogP contribution in [0.5, 0.6) is 0 Å². The number of carbonyl (C=O) groups excluding carboxylic acids is 3. The second-order valence-corrected chi connectivity index (χ2v) is 14.7. The Morgan fingerprint density at radius 1 is 0.875 bits per heavy atom. The summed E-state index contributed by atoms with van der Waals surface area (Å²) in [7, 11) is -3.27. The average Bonchev–Trinajstić information content (AvgIpc) is 2.89. The second-order valence-electron chi connectivity index (χ2n) is 10.5. The van der Waals surface area contributed by atoms with Crippen LogP contribution in [0.1, 0.15) is 41.5 Å². The third-order valence-corrected chi connectivity index (χ3v) is 11.6. The summed E-state index contributed by atoms with van der Waals surface area (Å²) in [5.74, 6) is -1.97. The van der Waals surface area contributed by atoms with Gasteiger partial charge in [0.05, 0.1) is 0 Å². The average molecular weight is 570 g/mol. The van der Waals surface area contributed by atoms with E-state index in [2.05, 4.69) is 30.8 Å². The van der Waals surface area contributed by atoms with Crippen LogP contribution in [0.15, 0.2) is 65.8 Å². The predicted octanol–water partition coefficient (Wildman–Crippen LogP) is 3.39. The molecule has 0 spiro atoms. The molecule has 0 saturated carbocycles. The van der Waals surface area contributed by atoms with Gasteiger partial charge in [0.25, 0.3) is 8.32 Å². The summed E-state index contributed by atoms with van der Waals surface area (Å²) in [6, 6.07) is 18.2. The van der Waals surface area contributed by atoms with Gasteiger partial charge in [0.1, 0.15) is 18.8 Å². The van der Waals surface area contributed by atoms with Crippen molar-refractivity contribution >= 4 is 36.6 Å². The molecule has 1 aliphatic rings. The van der Waals surface area contributed by atoms with Crippen molar-refractivity contribution in [3.63, 3.8) is 0 Å². The Labute approximate surface area is 234 Å². The summed E-state index contributed by atoms with van der Waals surface area (Å²) in [5, 5.41) is 5.30. The van der Waals surface area contributed by atoms with E-state index in [-0.39, 0.29) is 6.61 Å². The highest BCUT2D eigenvalue weighted by molar-refractivity contribution is 6.99. The molecule has 0 aromatic heterocycles. The number of esters is 3. The molecule has 1 saturated heterocycles. The van der Waals surface area contributed by atoms with Crippen molar-refractivity contribution in [2.24, 2.45) is 5.11 Å². The van der Waals surface area contributed by atoms with Gasteiger partial charge in [-0.15, -0.1) is 0 Å². The van der Waals surface area contributed by atoms with Crippen molar-refractivity contribution in [2.45, 2.75) is 77.2 Å². The van der Waals surface area contributed by atoms with E-state index in [0.717, 1.165) is 10.4 Å². The lowest BCUT2D eigenvalue weighted by atomic mass is 9.97. The SMILES string of the molecule is CC(=O)OCC1O[C@@H](O[Si](c2ccccc2)(c2ccccc2)C(C)(C)C)C(N=[N+]=[N-])[C@@H](OC(C)=O)[C@@H]1OC(C)=O. The molecule has 2 aromatic carbocycles. The lowest BCUT2D eigenvalue weighted by molar-refractivity contribution is -0.255. The summed E-state index contributed by atoms with van der Waals surface area (Å²) < 4.78 is 29.7. The first-order chi connectivity index (χ1) is 18.9. The maximum Gasteiger partial charge on any atom is 0.303 e. The molecule has 12 heteroatoms. The molecule has 1 aliphatic heterocycles. The third-order valence-electron chi connectivity index (χ3n) is 6.56. The highest BCUT2D eigenvalue weighted by Crippen LogP contribution is 2.40. The zero-order valence-corrected chi connectivity index (χ0v) is 24.5. The zero-order valence-electron chi connectivity index (χ0n) is 23.5. The molecule has 2 aromatic rings. The zero-order chi connectivity index (χ0) is 29.5. The Morgan fingerprint density at radius 2 is 1.38 bits per heavy atom. The molecule has 0 aliphatic carbocycles. The number of ether oxygens (including phenoxy) is 4. The van der Waals surface area contributed by atoms with Crippen LogP contribution in [0.25, 0.3) is 10.4 Å². The molecule has 2 unspecified atom stereocenters. The third kappa shape index (κ3) is 6.89. The van der Waals surface area contributed by atoms with Gasteiger partial charge < -0.3 is 23.4 Å². The number of hydrogen-bond acceptors (Lipinski definition) is 9. The minimum absolute atomic E-state index is 0.325. The van der Waals surface area contributed by atoms with E-state index in [1.54, 1.807) is 0 Å². The molecule has 11 nitrogen and oxygen atoms in total. The van der Waals surface area contributed by atoms with Crippen LogP contribution in [-0.2, 0) is 37.8 Å². The fraction of sp³-hybridized carbons (Fsp3) is 0.464. The van der Waals surface area contributed by atoms with E-state index in [1.807, 2.05) is 60.7 Å². The number of hydrogen-bond donors (Lipinski definition) is 0. The smallest absolute Gasteiger partial charge is 0.303 e. The van der Waals surface area contributed by atoms with Crippen molar-refractivity contribution in [1.29, 1.82) is 0 Å². The van der Waals surface area contributed by atoms with Crippen molar-refractivity contribution in [1.82, 2.24) is 0 Å². The topological polar surface area (TPSA) is 146 Å². The van der Waals surface area contributed by atoms with Gasteiger partial charge in [0.2, 0.25) is 0 Å². The minimum atomic E-state index is -3.27. The first kappa shape index (κ1) is 30.8. The van der Waals surface area contributed by atoms with Crippen molar-refractivity contribution < 1.29 is 37.8 Å². The molecule has 5 atom stereocenters. The maximum atomic E-state index is 12.2. The van der Waals surface area contributed by atoms with Gasteiger partial charge in [-0.2, -0.15) is 0 Å². The van der Waals surface area contributed by atoms with Crippen molar-refractivity contribution in [2.75, 3.05) is 6.61 Å². The van der Waals surface area contributed by atoms with E-state index >= 15 is 0 Å². The number of carbonyl (C=O) groups is 3. The molecule has 0 bridgehead atoms. The van der Waals surface area contributed by atoms with Gasteiger partial charge in [-0.3, -0.25) is 14.4 Å². The van der Waals surface area contributed by atoms with Crippen LogP contribution in [0.4, 0.5) is 0 Å². The van der Waals surface area contributed by atoms with Crippen LogP contribution in [0, 0.1) is 0 Å². The van der Waals surface area contributed by atoms with E-state index in [1.165, 1.54) is 20.8 Å². The standard InChI is InChI=1S/C28H35N3O8Si/c1-18(32)35-17-23-25(36-19(2)33)26(37-20(3)34)24(30-31-29)27(38-23)39-40(28(4,5)6,21-13-9-7-10-14-21)22-15-11-8-12-16-22/h7-16,23-27H,17H2,1-6H3/t23?,24?,25-,26-,27+/m1/s1. The molecule has 0 N–H and O–H groups in total. The largest absolute Gasteiger partial charge is 0.463 e. The minimum Gasteiger partial charge on any atom is -0.463 e. The Morgan fingerprint density at radius 3 is 1.80 bits per heavy atom. The van der Waals surface area contributed by atoms with Gasteiger partial charge in [-0.25, -0.2) is 0 Å². The van der Waals surface area contributed by atoms with Gasteiger partial charge in [-0.1, -0.05) is 86.5 Å². The van der Waals surface area contributed by atoms with E-state index < -0.39 is 61.9 Å². The van der Waals surface area contributed by atoms with Crippen molar-refractivity contribution in [3.8, 4) is 0 Å². The van der Waals surface area contributed by atoms with Crippen LogP contribution in [-0.4, -0.2) is 63.5 Å². The Bertz CT molecular complexity index is 1190. The Hall–Kier alpha value is -3.70. The first-order valence-corrected chi connectivity index (χ1v) is 14.8. The molecule has 0 amide bonds. The van der Waals surface area contributed by atoms with Gasteiger partial charge in [-0.05, 0) is 20.9 Å². The van der Waals surface area contributed by atoms with Crippen molar-refractivity contribution in [3.05, 3.63) is 71.1 Å². The van der Waals surface area contributed by atoms with Gasteiger partial charge >= 0.3 is 17.9 Å². The molecule has 1 heterocycles. The van der Waals surface area contributed by atoms with E-state index in [4.69, 9.17) is 23.4 Å². The van der Waals surface area contributed by atoms with Crippen LogP contribution < -0.4 is 10.4 Å². The highest BCUT2D eigenvalue weighted by Gasteiger charge is 2.57. The number of nitrogens with zero attached hydrogens (tertiary/aromatic N) is 3. The fourth-order valence-corrected chi connectivity index (χ4v) is 9.59. The number of azide groups is 1. The normalized spacial score (nSPS) is 22.9. The molecule has 214 valence electrons. The molecule has 3 rings (SSSR count). The number of rotatable bonds is 9. The first-order valence-electron chi connectivity index (χ1n) is 12.9. The lowest BCUT2D eigenvalue weighted by Crippen LogP contribution is -2.71. The van der Waals surface area contributed by atoms with Crippen LogP contribution >= 0.6 is 0 Å². The van der Waals surface area contributed by atoms with Gasteiger partial charge in [0.15, 0.2) is 18.5 Å². The van der Waals surface area contributed by atoms with Crippen LogP contribution in [0.3, 0.4) is 0 Å². The second kappa shape index (κ2) is 13.1. The fourth-order valence-electron chi connectivity index (χ4n) is 5.03. The highest BCUT2D eigenvalue weighted by atomic mass is 28.4. The quantitative estimate of drug-likeness (QED) is 0.112. The van der Waals surface area contributed by atoms with E-state index in [9.17, 15) is 19.9 Å². The van der Waals surface area contributed by atoms with Crippen LogP contribution in [0.2, 0.25) is 5.04 Å². The maximum absolute atomic E-state index is 12.2. The summed E-state index contributed by atoms with van der Waals surface area (Å²) in [5.41, 5.74) is 9.53. The van der Waals surface area contributed by atoms with Gasteiger partial charge in [0, 0.05) is 25.7 Å². The number of benzene rings is 2. The molecular weight excluding hydrogens is 534 g/mol. The summed E-state index contributed by atoms with van der Waals surface area (Å²) in [6.07, 6.45) is -4.88. The Balaban J connectivity index is 2.24. The van der Waals surface area contributed by atoms with E-state index in [0.29, 0.717) is 0 Å². The lowest BCUT2D eigenvalue weighted by Gasteiger charge is -2.49. The summed E-state index contributed by atoms with van der Waals surface area (Å²) in [4.78, 5) is 38.9. The Kier molecular flexibility index (Phi) is 10.1. The monoisotopic (exact) mass is 569 g/mol. The predicted molar refractivity (Wildman–Crippen MR) is 148 cm³/mol. The summed E-state index contributed by atoms with van der Waals surface area (Å²) in [6.45, 7) is 9.46. The molecule has 40 heavy (non-hydrogen) atoms.